The number of fused-ring (bicyclic) bond motifs is 4. The van der Waals surface area contributed by atoms with E-state index in [-0.39, 0.29) is 18.0 Å². The summed E-state index contributed by atoms with van der Waals surface area (Å²) in [5.74, 6) is 2.53. The summed E-state index contributed by atoms with van der Waals surface area (Å²) in [6.07, 6.45) is 5.42. The molecule has 17 heavy (non-hydrogen) atoms. The van der Waals surface area contributed by atoms with Crippen molar-refractivity contribution >= 4 is 5.97 Å². The van der Waals surface area contributed by atoms with Crippen molar-refractivity contribution < 1.29 is 9.53 Å². The first-order chi connectivity index (χ1) is 7.94. The second kappa shape index (κ2) is 2.73. The van der Waals surface area contributed by atoms with Gasteiger partial charge in [-0.1, -0.05) is 20.8 Å². The zero-order valence-corrected chi connectivity index (χ0v) is 11.0. The summed E-state index contributed by atoms with van der Waals surface area (Å²) in [5.41, 5.74) is 1.08. The van der Waals surface area contributed by atoms with E-state index in [2.05, 4.69) is 20.8 Å². The maximum Gasteiger partial charge on any atom is 0.309 e. The van der Waals surface area contributed by atoms with E-state index in [4.69, 9.17) is 4.74 Å². The highest BCUT2D eigenvalue weighted by atomic mass is 16.6. The van der Waals surface area contributed by atoms with Gasteiger partial charge in [0.1, 0.15) is 6.10 Å². The summed E-state index contributed by atoms with van der Waals surface area (Å²) in [6.45, 7) is 7.00. The molecule has 3 aliphatic carbocycles. The smallest absolute Gasteiger partial charge is 0.309 e. The van der Waals surface area contributed by atoms with Crippen molar-refractivity contribution in [1.29, 1.82) is 0 Å². The minimum Gasteiger partial charge on any atom is -0.462 e. The van der Waals surface area contributed by atoms with Crippen LogP contribution in [0.25, 0.3) is 0 Å². The molecular weight excluding hydrogens is 212 g/mol. The van der Waals surface area contributed by atoms with Crippen LogP contribution in [-0.4, -0.2) is 12.1 Å². The van der Waals surface area contributed by atoms with Gasteiger partial charge in [-0.2, -0.15) is 0 Å². The van der Waals surface area contributed by atoms with Crippen LogP contribution in [0.3, 0.4) is 0 Å². The van der Waals surface area contributed by atoms with Crippen molar-refractivity contribution in [1.82, 2.24) is 0 Å². The Balaban J connectivity index is 1.67. The monoisotopic (exact) mass is 234 g/mol. The van der Waals surface area contributed by atoms with Crippen LogP contribution in [0.5, 0.6) is 0 Å². The van der Waals surface area contributed by atoms with Crippen LogP contribution in [0.15, 0.2) is 0 Å². The van der Waals surface area contributed by atoms with Crippen molar-refractivity contribution in [2.24, 2.45) is 34.5 Å². The van der Waals surface area contributed by atoms with E-state index in [0.29, 0.717) is 16.7 Å². The lowest BCUT2D eigenvalue weighted by atomic mass is 9.59. The van der Waals surface area contributed by atoms with Crippen molar-refractivity contribution in [3.8, 4) is 0 Å². The summed E-state index contributed by atoms with van der Waals surface area (Å²) < 4.78 is 5.59. The molecule has 7 unspecified atom stereocenters. The van der Waals surface area contributed by atoms with Gasteiger partial charge < -0.3 is 4.74 Å². The van der Waals surface area contributed by atoms with Crippen molar-refractivity contribution in [3.63, 3.8) is 0 Å². The lowest BCUT2D eigenvalue weighted by Gasteiger charge is -2.45. The van der Waals surface area contributed by atoms with E-state index >= 15 is 0 Å². The predicted molar refractivity (Wildman–Crippen MR) is 64.2 cm³/mol. The predicted octanol–water partition coefficient (Wildman–Crippen LogP) is 3.01. The van der Waals surface area contributed by atoms with E-state index in [1.165, 1.54) is 19.3 Å². The number of carbonyl (C=O) groups excluding carboxylic acids is 1. The zero-order chi connectivity index (χ0) is 12.0. The van der Waals surface area contributed by atoms with E-state index in [0.717, 1.165) is 18.3 Å². The molecular formula is C15H22O2. The van der Waals surface area contributed by atoms with E-state index in [1.54, 1.807) is 0 Å². The van der Waals surface area contributed by atoms with Crippen LogP contribution >= 0.6 is 0 Å². The average Bonchev–Trinajstić information content (AvgIpc) is 2.71. The molecule has 0 spiro atoms. The summed E-state index contributed by atoms with van der Waals surface area (Å²) in [7, 11) is 0. The third kappa shape index (κ3) is 1.10. The molecule has 3 saturated carbocycles. The van der Waals surface area contributed by atoms with Gasteiger partial charge in [-0.05, 0) is 48.3 Å². The zero-order valence-electron chi connectivity index (χ0n) is 11.0. The van der Waals surface area contributed by atoms with Crippen molar-refractivity contribution in [2.45, 2.75) is 52.6 Å². The lowest BCUT2D eigenvalue weighted by molar-refractivity contribution is -0.145. The van der Waals surface area contributed by atoms with Gasteiger partial charge in [0.15, 0.2) is 0 Å². The number of hydrogen-bond acceptors (Lipinski definition) is 2. The Hall–Kier alpha value is -0.530. The fourth-order valence-corrected chi connectivity index (χ4v) is 5.61. The molecule has 7 atom stereocenters. The largest absolute Gasteiger partial charge is 0.462 e. The number of hydrogen-bond donors (Lipinski definition) is 0. The van der Waals surface area contributed by atoms with Gasteiger partial charge in [-0.15, -0.1) is 0 Å². The Labute approximate surface area is 103 Å². The minimum atomic E-state index is 0.0565. The molecule has 4 aliphatic rings. The molecule has 0 amide bonds. The number of ether oxygens (including phenoxy) is 1. The van der Waals surface area contributed by atoms with Crippen LogP contribution in [0.2, 0.25) is 0 Å². The summed E-state index contributed by atoms with van der Waals surface area (Å²) in [6, 6.07) is 0. The van der Waals surface area contributed by atoms with E-state index < -0.39 is 0 Å². The SMILES string of the molecule is CC1C(=O)OC2CC3(C)CC4CC4(C)C3CC21. The molecule has 4 fully saturated rings. The fourth-order valence-electron chi connectivity index (χ4n) is 5.61. The number of rotatable bonds is 0. The first kappa shape index (κ1) is 10.4. The Kier molecular flexibility index (Phi) is 1.67. The summed E-state index contributed by atoms with van der Waals surface area (Å²) >= 11 is 0. The Morgan fingerprint density at radius 1 is 1.24 bits per heavy atom. The molecule has 94 valence electrons. The summed E-state index contributed by atoms with van der Waals surface area (Å²) in [4.78, 5) is 11.7. The highest BCUT2D eigenvalue weighted by molar-refractivity contribution is 5.75. The minimum absolute atomic E-state index is 0.0565. The van der Waals surface area contributed by atoms with Crippen LogP contribution in [0.1, 0.15) is 46.5 Å². The molecule has 4 rings (SSSR count). The summed E-state index contributed by atoms with van der Waals surface area (Å²) in [5, 5.41) is 0. The topological polar surface area (TPSA) is 26.3 Å². The van der Waals surface area contributed by atoms with Gasteiger partial charge in [0, 0.05) is 5.92 Å². The highest BCUT2D eigenvalue weighted by Crippen LogP contribution is 2.76. The van der Waals surface area contributed by atoms with Gasteiger partial charge in [0.05, 0.1) is 5.92 Å². The average molecular weight is 234 g/mol. The van der Waals surface area contributed by atoms with Gasteiger partial charge in [0.25, 0.3) is 0 Å². The standard InChI is InChI=1S/C15H22O2/c1-8-10-4-12-14(2,5-9-6-15(9,12)3)7-11(10)17-13(8)16/h8-12H,4-7H2,1-3H3. The molecule has 0 aromatic rings. The Morgan fingerprint density at radius 3 is 2.76 bits per heavy atom. The molecule has 0 radical (unpaired) electrons. The van der Waals surface area contributed by atoms with Crippen LogP contribution in [0.4, 0.5) is 0 Å². The van der Waals surface area contributed by atoms with Crippen molar-refractivity contribution in [3.05, 3.63) is 0 Å². The van der Waals surface area contributed by atoms with Gasteiger partial charge in [-0.3, -0.25) is 4.79 Å². The van der Waals surface area contributed by atoms with Crippen LogP contribution in [0, 0.1) is 34.5 Å². The number of carbonyl (C=O) groups is 1. The quantitative estimate of drug-likeness (QED) is 0.602. The third-order valence-electron chi connectivity index (χ3n) is 6.74. The molecule has 0 bridgehead atoms. The maximum absolute atomic E-state index is 11.7. The van der Waals surface area contributed by atoms with Crippen LogP contribution in [-0.2, 0) is 9.53 Å². The van der Waals surface area contributed by atoms with Crippen LogP contribution < -0.4 is 0 Å². The fraction of sp³-hybridized carbons (Fsp3) is 0.933. The van der Waals surface area contributed by atoms with E-state index in [9.17, 15) is 4.79 Å². The highest BCUT2D eigenvalue weighted by Gasteiger charge is 2.70. The number of esters is 1. The maximum atomic E-state index is 11.7. The molecule has 1 heterocycles. The first-order valence-corrected chi connectivity index (χ1v) is 7.14. The van der Waals surface area contributed by atoms with Gasteiger partial charge in [-0.25, -0.2) is 0 Å². The molecule has 0 aromatic heterocycles. The third-order valence-corrected chi connectivity index (χ3v) is 6.74. The van der Waals surface area contributed by atoms with Crippen molar-refractivity contribution in [2.75, 3.05) is 0 Å². The molecule has 2 nitrogen and oxygen atoms in total. The Morgan fingerprint density at radius 2 is 2.00 bits per heavy atom. The lowest BCUT2D eigenvalue weighted by Crippen LogP contribution is -2.42. The molecule has 0 aromatic carbocycles. The van der Waals surface area contributed by atoms with Gasteiger partial charge >= 0.3 is 5.97 Å². The Bertz CT molecular complexity index is 404. The molecule has 0 N–H and O–H groups in total. The first-order valence-electron chi connectivity index (χ1n) is 7.14. The molecule has 1 saturated heterocycles. The van der Waals surface area contributed by atoms with Gasteiger partial charge in [0.2, 0.25) is 0 Å². The van der Waals surface area contributed by atoms with E-state index in [1.807, 2.05) is 0 Å². The second-order valence-corrected chi connectivity index (χ2v) is 7.69. The molecule has 2 heteroatoms. The normalized spacial score (nSPS) is 63.7. The molecule has 1 aliphatic heterocycles. The second-order valence-electron chi connectivity index (χ2n) is 7.69.